The Morgan fingerprint density at radius 1 is 1.62 bits per heavy atom. The van der Waals surface area contributed by atoms with E-state index in [1.165, 1.54) is 7.11 Å². The third-order valence-corrected chi connectivity index (χ3v) is 3.16. The topological polar surface area (TPSA) is 59.4 Å². The highest BCUT2D eigenvalue weighted by molar-refractivity contribution is 5.77. The zero-order valence-corrected chi connectivity index (χ0v) is 9.43. The highest BCUT2D eigenvalue weighted by Gasteiger charge is 2.55. The van der Waals surface area contributed by atoms with Gasteiger partial charge in [0.05, 0.1) is 7.11 Å². The van der Waals surface area contributed by atoms with Gasteiger partial charge in [0.25, 0.3) is 0 Å². The van der Waals surface area contributed by atoms with E-state index in [0.717, 1.165) is 24.1 Å². The first-order valence-electron chi connectivity index (χ1n) is 5.29. The summed E-state index contributed by atoms with van der Waals surface area (Å²) >= 11 is 0. The summed E-state index contributed by atoms with van der Waals surface area (Å²) in [6.45, 7) is 1.96. The van der Waals surface area contributed by atoms with Crippen LogP contribution in [0.3, 0.4) is 0 Å². The van der Waals surface area contributed by atoms with E-state index in [0.29, 0.717) is 0 Å². The zero-order valence-electron chi connectivity index (χ0n) is 9.43. The standard InChI is InChI=1S/C12H15NO3/c1-8-3-6-13-9(7-8)12(4-5-12)10(14)11(15)16-2/h3,6-7,10,14H,4-5H2,1-2H3. The van der Waals surface area contributed by atoms with Crippen molar-refractivity contribution in [2.45, 2.75) is 31.3 Å². The number of hydrogen-bond acceptors (Lipinski definition) is 4. The molecule has 0 saturated heterocycles. The number of aliphatic hydroxyl groups is 1. The fraction of sp³-hybridized carbons (Fsp3) is 0.500. The molecular formula is C12H15NO3. The Kier molecular flexibility index (Phi) is 2.68. The first kappa shape index (κ1) is 11.1. The van der Waals surface area contributed by atoms with Crippen LogP contribution in [0.1, 0.15) is 24.1 Å². The minimum Gasteiger partial charge on any atom is -0.467 e. The van der Waals surface area contributed by atoms with Gasteiger partial charge >= 0.3 is 5.97 Å². The number of nitrogens with zero attached hydrogens (tertiary/aromatic N) is 1. The van der Waals surface area contributed by atoms with Crippen molar-refractivity contribution in [1.82, 2.24) is 4.98 Å². The Balaban J connectivity index is 2.29. The second kappa shape index (κ2) is 3.87. The Morgan fingerprint density at radius 2 is 2.31 bits per heavy atom. The molecule has 4 heteroatoms. The molecule has 4 nitrogen and oxygen atoms in total. The summed E-state index contributed by atoms with van der Waals surface area (Å²) in [4.78, 5) is 15.6. The van der Waals surface area contributed by atoms with E-state index in [1.807, 2.05) is 19.1 Å². The van der Waals surface area contributed by atoms with Gasteiger partial charge in [0.15, 0.2) is 6.10 Å². The molecule has 1 aromatic heterocycles. The van der Waals surface area contributed by atoms with E-state index in [9.17, 15) is 9.90 Å². The normalized spacial score (nSPS) is 18.9. The first-order chi connectivity index (χ1) is 7.60. The summed E-state index contributed by atoms with van der Waals surface area (Å²) in [7, 11) is 1.28. The number of pyridine rings is 1. The van der Waals surface area contributed by atoms with Crippen LogP contribution in [-0.2, 0) is 14.9 Å². The molecule has 1 aliphatic carbocycles. The van der Waals surface area contributed by atoms with Gasteiger partial charge in [-0.2, -0.15) is 0 Å². The lowest BCUT2D eigenvalue weighted by Crippen LogP contribution is -2.35. The van der Waals surface area contributed by atoms with E-state index in [-0.39, 0.29) is 0 Å². The molecule has 0 spiro atoms. The van der Waals surface area contributed by atoms with E-state index >= 15 is 0 Å². The quantitative estimate of drug-likeness (QED) is 0.772. The van der Waals surface area contributed by atoms with Gasteiger partial charge in [-0.05, 0) is 37.5 Å². The van der Waals surface area contributed by atoms with Crippen LogP contribution in [0.15, 0.2) is 18.3 Å². The van der Waals surface area contributed by atoms with Crippen molar-refractivity contribution in [3.05, 3.63) is 29.6 Å². The minimum absolute atomic E-state index is 0.515. The van der Waals surface area contributed by atoms with Crippen molar-refractivity contribution in [2.24, 2.45) is 0 Å². The lowest BCUT2D eigenvalue weighted by molar-refractivity contribution is -0.152. The van der Waals surface area contributed by atoms with Crippen molar-refractivity contribution < 1.29 is 14.6 Å². The number of esters is 1. The van der Waals surface area contributed by atoms with Crippen molar-refractivity contribution >= 4 is 5.97 Å². The summed E-state index contributed by atoms with van der Waals surface area (Å²) in [5, 5.41) is 9.94. The fourth-order valence-electron chi connectivity index (χ4n) is 1.95. The molecule has 2 rings (SSSR count). The minimum atomic E-state index is -1.10. The average Bonchev–Trinajstić information content (AvgIpc) is 3.08. The zero-order chi connectivity index (χ0) is 11.8. The van der Waals surface area contributed by atoms with Crippen LogP contribution in [0.2, 0.25) is 0 Å². The Bertz CT molecular complexity index is 412. The number of hydrogen-bond donors (Lipinski definition) is 1. The number of aliphatic hydroxyl groups excluding tert-OH is 1. The molecule has 1 fully saturated rings. The highest BCUT2D eigenvalue weighted by atomic mass is 16.5. The SMILES string of the molecule is COC(=O)C(O)C1(c2cc(C)ccn2)CC1. The predicted octanol–water partition coefficient (Wildman–Crippen LogP) is 0.956. The van der Waals surface area contributed by atoms with Gasteiger partial charge in [-0.1, -0.05) is 0 Å². The van der Waals surface area contributed by atoms with E-state index < -0.39 is 17.5 Å². The molecule has 1 unspecified atom stereocenters. The fourth-order valence-corrected chi connectivity index (χ4v) is 1.95. The monoisotopic (exact) mass is 221 g/mol. The van der Waals surface area contributed by atoms with E-state index in [2.05, 4.69) is 9.72 Å². The van der Waals surface area contributed by atoms with Gasteiger partial charge in [0, 0.05) is 17.3 Å². The third-order valence-electron chi connectivity index (χ3n) is 3.16. The van der Waals surface area contributed by atoms with Crippen molar-refractivity contribution in [1.29, 1.82) is 0 Å². The Hall–Kier alpha value is -1.42. The number of carbonyl (C=O) groups excluding carboxylic acids is 1. The van der Waals surface area contributed by atoms with Crippen molar-refractivity contribution in [2.75, 3.05) is 7.11 Å². The van der Waals surface area contributed by atoms with Gasteiger partial charge in [-0.25, -0.2) is 4.79 Å². The molecule has 1 N–H and O–H groups in total. The molecule has 16 heavy (non-hydrogen) atoms. The van der Waals surface area contributed by atoms with Crippen molar-refractivity contribution in [3.8, 4) is 0 Å². The maximum absolute atomic E-state index is 11.4. The number of methoxy groups -OCH3 is 1. The molecule has 1 heterocycles. The highest BCUT2D eigenvalue weighted by Crippen LogP contribution is 2.50. The molecule has 0 aliphatic heterocycles. The van der Waals surface area contributed by atoms with Gasteiger partial charge in [0.1, 0.15) is 0 Å². The van der Waals surface area contributed by atoms with Crippen LogP contribution >= 0.6 is 0 Å². The molecule has 0 amide bonds. The summed E-state index contributed by atoms with van der Waals surface area (Å²) in [5.41, 5.74) is 1.35. The number of aryl methyl sites for hydroxylation is 1. The van der Waals surface area contributed by atoms with Gasteiger partial charge in [0.2, 0.25) is 0 Å². The summed E-state index contributed by atoms with van der Waals surface area (Å²) in [6, 6.07) is 3.81. The Labute approximate surface area is 94.3 Å². The first-order valence-corrected chi connectivity index (χ1v) is 5.29. The molecule has 1 aromatic rings. The van der Waals surface area contributed by atoms with Gasteiger partial charge < -0.3 is 9.84 Å². The van der Waals surface area contributed by atoms with Crippen LogP contribution < -0.4 is 0 Å². The lowest BCUT2D eigenvalue weighted by Gasteiger charge is -2.19. The average molecular weight is 221 g/mol. The molecular weight excluding hydrogens is 206 g/mol. The van der Waals surface area contributed by atoms with Gasteiger partial charge in [-0.15, -0.1) is 0 Å². The number of aromatic nitrogens is 1. The van der Waals surface area contributed by atoms with Crippen molar-refractivity contribution in [3.63, 3.8) is 0 Å². The maximum Gasteiger partial charge on any atom is 0.335 e. The maximum atomic E-state index is 11.4. The van der Waals surface area contributed by atoms with Gasteiger partial charge in [-0.3, -0.25) is 4.98 Å². The van der Waals surface area contributed by atoms with E-state index in [4.69, 9.17) is 0 Å². The predicted molar refractivity (Wildman–Crippen MR) is 57.9 cm³/mol. The van der Waals surface area contributed by atoms with Crippen LogP contribution in [-0.4, -0.2) is 29.3 Å². The van der Waals surface area contributed by atoms with Crippen LogP contribution in [0.5, 0.6) is 0 Å². The molecule has 0 bridgehead atoms. The smallest absolute Gasteiger partial charge is 0.335 e. The van der Waals surface area contributed by atoms with E-state index in [1.54, 1.807) is 6.20 Å². The molecule has 0 radical (unpaired) electrons. The number of ether oxygens (including phenoxy) is 1. The molecule has 1 aliphatic rings. The summed E-state index contributed by atoms with van der Waals surface area (Å²) in [6.07, 6.45) is 2.15. The second-order valence-electron chi connectivity index (χ2n) is 4.30. The summed E-state index contributed by atoms with van der Waals surface area (Å²) in [5.74, 6) is -0.583. The summed E-state index contributed by atoms with van der Waals surface area (Å²) < 4.78 is 4.57. The number of rotatable bonds is 3. The molecule has 1 saturated carbocycles. The molecule has 0 aromatic carbocycles. The third kappa shape index (κ3) is 1.69. The van der Waals surface area contributed by atoms with Crippen LogP contribution in [0.25, 0.3) is 0 Å². The Morgan fingerprint density at radius 3 is 2.81 bits per heavy atom. The van der Waals surface area contributed by atoms with Crippen LogP contribution in [0.4, 0.5) is 0 Å². The lowest BCUT2D eigenvalue weighted by atomic mass is 9.93. The number of carbonyl (C=O) groups is 1. The second-order valence-corrected chi connectivity index (χ2v) is 4.30. The molecule has 86 valence electrons. The molecule has 1 atom stereocenters. The van der Waals surface area contributed by atoms with Crippen LogP contribution in [0, 0.1) is 6.92 Å². The largest absolute Gasteiger partial charge is 0.467 e.